The number of nitrogens with one attached hydrogen (secondary N) is 2. The van der Waals surface area contributed by atoms with Crippen molar-refractivity contribution in [3.63, 3.8) is 0 Å². The molecule has 1 atom stereocenters. The van der Waals surface area contributed by atoms with Crippen molar-refractivity contribution in [3.8, 4) is 5.75 Å². The van der Waals surface area contributed by atoms with Gasteiger partial charge in [-0.05, 0) is 32.0 Å². The van der Waals surface area contributed by atoms with Crippen LogP contribution in [0.15, 0.2) is 18.2 Å². The van der Waals surface area contributed by atoms with Crippen LogP contribution in [0, 0.1) is 0 Å². The van der Waals surface area contributed by atoms with Crippen molar-refractivity contribution < 1.29 is 14.3 Å². The summed E-state index contributed by atoms with van der Waals surface area (Å²) < 4.78 is 5.17. The standard InChI is InChI=1S/C14H19ClN2O3/c1-4-16-14(19)9(2)17-13(18)8-10-7-11(15)5-6-12(10)20-3/h5-7,9H,4,8H2,1-3H3,(H,16,19)(H,17,18)/t9-/m0/s1. The second-order valence-electron chi connectivity index (χ2n) is 4.32. The van der Waals surface area contributed by atoms with Crippen LogP contribution in [-0.4, -0.2) is 31.5 Å². The van der Waals surface area contributed by atoms with E-state index in [1.165, 1.54) is 7.11 Å². The van der Waals surface area contributed by atoms with Gasteiger partial charge in [-0.3, -0.25) is 9.59 Å². The van der Waals surface area contributed by atoms with E-state index in [9.17, 15) is 9.59 Å². The first-order valence-electron chi connectivity index (χ1n) is 6.37. The van der Waals surface area contributed by atoms with Crippen molar-refractivity contribution in [1.82, 2.24) is 10.6 Å². The molecule has 0 heterocycles. The van der Waals surface area contributed by atoms with Crippen LogP contribution in [0.1, 0.15) is 19.4 Å². The fourth-order valence-corrected chi connectivity index (χ4v) is 1.94. The molecule has 0 aliphatic carbocycles. The minimum absolute atomic E-state index is 0.105. The molecule has 0 aliphatic heterocycles. The predicted molar refractivity (Wildman–Crippen MR) is 78.0 cm³/mol. The van der Waals surface area contributed by atoms with Gasteiger partial charge in [0.2, 0.25) is 11.8 Å². The Kier molecular flexibility index (Phi) is 6.31. The Labute approximate surface area is 123 Å². The summed E-state index contributed by atoms with van der Waals surface area (Å²) in [7, 11) is 1.53. The number of likely N-dealkylation sites (N-methyl/N-ethyl adjacent to an activating group) is 1. The third kappa shape index (κ3) is 4.74. The lowest BCUT2D eigenvalue weighted by Crippen LogP contribution is -2.45. The largest absolute Gasteiger partial charge is 0.496 e. The van der Waals surface area contributed by atoms with E-state index in [1.807, 2.05) is 6.92 Å². The van der Waals surface area contributed by atoms with E-state index in [-0.39, 0.29) is 18.2 Å². The molecule has 20 heavy (non-hydrogen) atoms. The average Bonchev–Trinajstić information content (AvgIpc) is 2.39. The third-order valence-corrected chi connectivity index (χ3v) is 2.95. The van der Waals surface area contributed by atoms with Gasteiger partial charge in [-0.2, -0.15) is 0 Å². The molecule has 2 amide bonds. The smallest absolute Gasteiger partial charge is 0.242 e. The summed E-state index contributed by atoms with van der Waals surface area (Å²) >= 11 is 5.90. The molecule has 110 valence electrons. The second kappa shape index (κ2) is 7.75. The van der Waals surface area contributed by atoms with E-state index in [4.69, 9.17) is 16.3 Å². The van der Waals surface area contributed by atoms with Gasteiger partial charge in [0.15, 0.2) is 0 Å². The van der Waals surface area contributed by atoms with Crippen LogP contribution in [0.4, 0.5) is 0 Å². The number of carbonyl (C=O) groups is 2. The Morgan fingerprint density at radius 1 is 1.40 bits per heavy atom. The van der Waals surface area contributed by atoms with E-state index in [0.717, 1.165) is 0 Å². The monoisotopic (exact) mass is 298 g/mol. The number of halogens is 1. The van der Waals surface area contributed by atoms with Crippen molar-refractivity contribution in [2.45, 2.75) is 26.3 Å². The summed E-state index contributed by atoms with van der Waals surface area (Å²) in [5, 5.41) is 5.81. The lowest BCUT2D eigenvalue weighted by molar-refractivity contribution is -0.128. The molecule has 1 aromatic carbocycles. The van der Waals surface area contributed by atoms with Gasteiger partial charge >= 0.3 is 0 Å². The summed E-state index contributed by atoms with van der Waals surface area (Å²) in [5.74, 6) is 0.124. The summed E-state index contributed by atoms with van der Waals surface area (Å²) in [6, 6.07) is 4.50. The molecule has 0 saturated heterocycles. The summed E-state index contributed by atoms with van der Waals surface area (Å²) in [6.45, 7) is 3.99. The van der Waals surface area contributed by atoms with E-state index in [0.29, 0.717) is 22.9 Å². The summed E-state index contributed by atoms with van der Waals surface area (Å²) in [6.07, 6.45) is 0.105. The zero-order valence-electron chi connectivity index (χ0n) is 11.8. The van der Waals surface area contributed by atoms with Gasteiger partial charge in [0.1, 0.15) is 11.8 Å². The van der Waals surface area contributed by atoms with E-state index < -0.39 is 6.04 Å². The molecular formula is C14H19ClN2O3. The van der Waals surface area contributed by atoms with Crippen LogP contribution in [0.25, 0.3) is 0 Å². The van der Waals surface area contributed by atoms with Crippen molar-refractivity contribution in [2.75, 3.05) is 13.7 Å². The Bertz CT molecular complexity index is 491. The number of ether oxygens (including phenoxy) is 1. The minimum Gasteiger partial charge on any atom is -0.496 e. The number of hydrogen-bond acceptors (Lipinski definition) is 3. The molecule has 5 nitrogen and oxygen atoms in total. The number of amides is 2. The van der Waals surface area contributed by atoms with Gasteiger partial charge in [-0.1, -0.05) is 11.6 Å². The van der Waals surface area contributed by atoms with E-state index in [2.05, 4.69) is 10.6 Å². The first-order chi connectivity index (χ1) is 9.47. The van der Waals surface area contributed by atoms with Crippen LogP contribution >= 0.6 is 11.6 Å². The zero-order chi connectivity index (χ0) is 15.1. The Hall–Kier alpha value is -1.75. The van der Waals surface area contributed by atoms with Crippen LogP contribution in [-0.2, 0) is 16.0 Å². The highest BCUT2D eigenvalue weighted by Crippen LogP contribution is 2.22. The van der Waals surface area contributed by atoms with Crippen molar-refractivity contribution in [1.29, 1.82) is 0 Å². The minimum atomic E-state index is -0.576. The molecule has 0 saturated carbocycles. The van der Waals surface area contributed by atoms with Gasteiger partial charge in [-0.25, -0.2) is 0 Å². The lowest BCUT2D eigenvalue weighted by atomic mass is 10.1. The Morgan fingerprint density at radius 2 is 2.10 bits per heavy atom. The summed E-state index contributed by atoms with van der Waals surface area (Å²) in [5.41, 5.74) is 0.681. The van der Waals surface area contributed by atoms with Gasteiger partial charge in [0.05, 0.1) is 13.5 Å². The fourth-order valence-electron chi connectivity index (χ4n) is 1.74. The zero-order valence-corrected chi connectivity index (χ0v) is 12.6. The molecule has 6 heteroatoms. The maximum atomic E-state index is 11.9. The molecule has 1 aromatic rings. The SMILES string of the molecule is CCNC(=O)[C@H](C)NC(=O)Cc1cc(Cl)ccc1OC. The van der Waals surface area contributed by atoms with E-state index in [1.54, 1.807) is 25.1 Å². The second-order valence-corrected chi connectivity index (χ2v) is 4.75. The molecule has 0 radical (unpaired) electrons. The number of methoxy groups -OCH3 is 1. The molecule has 0 aliphatic rings. The molecule has 1 rings (SSSR count). The normalized spacial score (nSPS) is 11.6. The maximum absolute atomic E-state index is 11.9. The lowest BCUT2D eigenvalue weighted by Gasteiger charge is -2.14. The fraction of sp³-hybridized carbons (Fsp3) is 0.429. The number of rotatable bonds is 6. The highest BCUT2D eigenvalue weighted by molar-refractivity contribution is 6.30. The van der Waals surface area contributed by atoms with Crippen LogP contribution in [0.3, 0.4) is 0 Å². The van der Waals surface area contributed by atoms with Crippen LogP contribution < -0.4 is 15.4 Å². The van der Waals surface area contributed by atoms with Gasteiger partial charge in [-0.15, -0.1) is 0 Å². The molecule has 0 aromatic heterocycles. The molecule has 2 N–H and O–H groups in total. The molecule has 0 unspecified atom stereocenters. The van der Waals surface area contributed by atoms with Crippen molar-refractivity contribution >= 4 is 23.4 Å². The Morgan fingerprint density at radius 3 is 2.70 bits per heavy atom. The van der Waals surface area contributed by atoms with Gasteiger partial charge in [0, 0.05) is 17.1 Å². The number of carbonyl (C=O) groups excluding carboxylic acids is 2. The highest BCUT2D eigenvalue weighted by Gasteiger charge is 2.16. The molecule has 0 bridgehead atoms. The molecular weight excluding hydrogens is 280 g/mol. The number of hydrogen-bond donors (Lipinski definition) is 2. The summed E-state index contributed by atoms with van der Waals surface area (Å²) in [4.78, 5) is 23.5. The van der Waals surface area contributed by atoms with Gasteiger partial charge in [0.25, 0.3) is 0 Å². The van der Waals surface area contributed by atoms with E-state index >= 15 is 0 Å². The topological polar surface area (TPSA) is 67.4 Å². The predicted octanol–water partition coefficient (Wildman–Crippen LogP) is 1.53. The maximum Gasteiger partial charge on any atom is 0.242 e. The number of benzene rings is 1. The van der Waals surface area contributed by atoms with Crippen molar-refractivity contribution in [3.05, 3.63) is 28.8 Å². The quantitative estimate of drug-likeness (QED) is 0.837. The Balaban J connectivity index is 2.67. The highest BCUT2D eigenvalue weighted by atomic mass is 35.5. The first-order valence-corrected chi connectivity index (χ1v) is 6.75. The van der Waals surface area contributed by atoms with Crippen molar-refractivity contribution in [2.24, 2.45) is 0 Å². The molecule has 0 spiro atoms. The average molecular weight is 299 g/mol. The van der Waals surface area contributed by atoms with Crippen LogP contribution in [0.2, 0.25) is 5.02 Å². The third-order valence-electron chi connectivity index (χ3n) is 2.72. The molecule has 0 fully saturated rings. The van der Waals surface area contributed by atoms with Crippen LogP contribution in [0.5, 0.6) is 5.75 Å². The first kappa shape index (κ1) is 16.3. The van der Waals surface area contributed by atoms with Gasteiger partial charge < -0.3 is 15.4 Å².